The Balaban J connectivity index is 2.68. The highest BCUT2D eigenvalue weighted by molar-refractivity contribution is 7.48. The minimum Gasteiger partial charge on any atom is -0.387 e. The average Bonchev–Trinajstić information content (AvgIpc) is 2.50. The zero-order chi connectivity index (χ0) is 16.9. The van der Waals surface area contributed by atoms with Gasteiger partial charge in [-0.1, -0.05) is 0 Å². The van der Waals surface area contributed by atoms with Crippen LogP contribution in [0.15, 0.2) is 0 Å². The molecule has 1 aliphatic heterocycles. The van der Waals surface area contributed by atoms with Gasteiger partial charge in [0.1, 0.15) is 31.0 Å². The van der Waals surface area contributed by atoms with Gasteiger partial charge in [-0.05, 0) is 6.92 Å². The SMILES string of the molecule is COP(=O)(OC)OCC1O[C@@H](OCC(C)=O)C(O)[C@@H](O)[C@H]1O. The Kier molecular flexibility index (Phi) is 7.53. The van der Waals surface area contributed by atoms with Gasteiger partial charge in [0.05, 0.1) is 6.61 Å². The summed E-state index contributed by atoms with van der Waals surface area (Å²) in [4.78, 5) is 10.9. The third-order valence-corrected chi connectivity index (χ3v) is 4.32. The Morgan fingerprint density at radius 1 is 1.14 bits per heavy atom. The molecule has 0 radical (unpaired) electrons. The second-order valence-electron chi connectivity index (χ2n) is 4.64. The average molecular weight is 344 g/mol. The van der Waals surface area contributed by atoms with Crippen LogP contribution in [0.4, 0.5) is 0 Å². The summed E-state index contributed by atoms with van der Waals surface area (Å²) in [5.74, 6) is -0.313. The molecule has 1 heterocycles. The first-order chi connectivity index (χ1) is 10.2. The topological polar surface area (TPSA) is 141 Å². The maximum atomic E-state index is 11.8. The Morgan fingerprint density at radius 3 is 2.23 bits per heavy atom. The molecule has 0 amide bonds. The van der Waals surface area contributed by atoms with E-state index < -0.39 is 45.1 Å². The van der Waals surface area contributed by atoms with Gasteiger partial charge in [-0.3, -0.25) is 18.4 Å². The summed E-state index contributed by atoms with van der Waals surface area (Å²) in [5, 5.41) is 29.3. The molecule has 0 saturated carbocycles. The Labute approximate surface area is 127 Å². The number of hydrogen-bond acceptors (Lipinski definition) is 10. The number of phosphoric acid groups is 1. The van der Waals surface area contributed by atoms with E-state index in [1.165, 1.54) is 6.92 Å². The molecule has 5 atom stereocenters. The van der Waals surface area contributed by atoms with Crippen LogP contribution in [0.5, 0.6) is 0 Å². The fourth-order valence-corrected chi connectivity index (χ4v) is 2.43. The van der Waals surface area contributed by atoms with Gasteiger partial charge in [-0.2, -0.15) is 0 Å². The van der Waals surface area contributed by atoms with Crippen LogP contribution in [0.1, 0.15) is 6.92 Å². The van der Waals surface area contributed by atoms with Crippen molar-refractivity contribution in [2.24, 2.45) is 0 Å². The van der Waals surface area contributed by atoms with Crippen molar-refractivity contribution >= 4 is 13.6 Å². The minimum absolute atomic E-state index is 0.313. The molecule has 1 fully saturated rings. The number of ketones is 1. The molecule has 0 aromatic rings. The van der Waals surface area contributed by atoms with Crippen molar-refractivity contribution in [3.05, 3.63) is 0 Å². The van der Waals surface area contributed by atoms with Gasteiger partial charge in [0.15, 0.2) is 12.1 Å². The quantitative estimate of drug-likeness (QED) is 0.461. The predicted molar refractivity (Wildman–Crippen MR) is 70.9 cm³/mol. The van der Waals surface area contributed by atoms with E-state index in [1.807, 2.05) is 0 Å². The largest absolute Gasteiger partial charge is 0.474 e. The van der Waals surface area contributed by atoms with Crippen molar-refractivity contribution in [2.75, 3.05) is 27.4 Å². The van der Waals surface area contributed by atoms with Crippen LogP contribution in [0, 0.1) is 0 Å². The molecule has 1 aliphatic rings. The lowest BCUT2D eigenvalue weighted by molar-refractivity contribution is -0.298. The van der Waals surface area contributed by atoms with Crippen LogP contribution >= 0.6 is 7.82 Å². The van der Waals surface area contributed by atoms with Gasteiger partial charge in [-0.15, -0.1) is 0 Å². The second-order valence-corrected chi connectivity index (χ2v) is 6.52. The summed E-state index contributed by atoms with van der Waals surface area (Å²) in [6, 6.07) is 0. The molecule has 22 heavy (non-hydrogen) atoms. The van der Waals surface area contributed by atoms with Gasteiger partial charge in [0.25, 0.3) is 0 Å². The summed E-state index contributed by atoms with van der Waals surface area (Å²) in [6.07, 6.45) is -7.19. The zero-order valence-corrected chi connectivity index (χ0v) is 13.3. The normalized spacial score (nSPS) is 32.9. The third kappa shape index (κ3) is 5.05. The van der Waals surface area contributed by atoms with Gasteiger partial charge in [-0.25, -0.2) is 4.57 Å². The van der Waals surface area contributed by atoms with Gasteiger partial charge in [0, 0.05) is 14.2 Å². The number of rotatable bonds is 8. The summed E-state index contributed by atoms with van der Waals surface area (Å²) in [5.41, 5.74) is 0. The zero-order valence-electron chi connectivity index (χ0n) is 12.4. The maximum absolute atomic E-state index is 11.8. The standard InChI is InChI=1S/C11H21O10P/c1-6(12)4-19-11-10(15)9(14)8(13)7(21-11)5-20-22(16,17-2)18-3/h7-11,13-15H,4-5H2,1-3H3/t7?,8-,9-,10?,11+/m0/s1. The summed E-state index contributed by atoms with van der Waals surface area (Å²) in [6.45, 7) is 0.477. The summed E-state index contributed by atoms with van der Waals surface area (Å²) in [7, 11) is -1.57. The monoisotopic (exact) mass is 344 g/mol. The smallest absolute Gasteiger partial charge is 0.387 e. The molecule has 2 unspecified atom stereocenters. The molecule has 1 saturated heterocycles. The molecule has 1 rings (SSSR count). The van der Waals surface area contributed by atoms with E-state index in [0.717, 1.165) is 14.2 Å². The van der Waals surface area contributed by atoms with E-state index in [4.69, 9.17) is 14.0 Å². The molecule has 10 nitrogen and oxygen atoms in total. The number of ether oxygens (including phenoxy) is 2. The number of aliphatic hydroxyl groups excluding tert-OH is 3. The van der Waals surface area contributed by atoms with Gasteiger partial charge >= 0.3 is 7.82 Å². The van der Waals surface area contributed by atoms with E-state index >= 15 is 0 Å². The molecule has 0 bridgehead atoms. The van der Waals surface area contributed by atoms with E-state index in [2.05, 4.69) is 9.05 Å². The molecule has 0 spiro atoms. The van der Waals surface area contributed by atoms with Crippen molar-refractivity contribution in [3.8, 4) is 0 Å². The predicted octanol–water partition coefficient (Wildman–Crippen LogP) is -1.18. The first-order valence-electron chi connectivity index (χ1n) is 6.41. The summed E-state index contributed by atoms with van der Waals surface area (Å²) >= 11 is 0. The lowest BCUT2D eigenvalue weighted by Gasteiger charge is -2.40. The summed E-state index contributed by atoms with van der Waals surface area (Å²) < 4.78 is 36.0. The molecule has 0 aromatic heterocycles. The number of hydrogen-bond donors (Lipinski definition) is 3. The van der Waals surface area contributed by atoms with Crippen LogP contribution < -0.4 is 0 Å². The number of carbonyl (C=O) groups excluding carboxylic acids is 1. The molecule has 130 valence electrons. The van der Waals surface area contributed by atoms with Crippen LogP contribution in [-0.4, -0.2) is 79.2 Å². The molecule has 0 aromatic carbocycles. The van der Waals surface area contributed by atoms with Crippen molar-refractivity contribution in [2.45, 2.75) is 37.6 Å². The maximum Gasteiger partial charge on any atom is 0.474 e. The molecular weight excluding hydrogens is 323 g/mol. The lowest BCUT2D eigenvalue weighted by atomic mass is 9.99. The Morgan fingerprint density at radius 2 is 1.73 bits per heavy atom. The van der Waals surface area contributed by atoms with E-state index in [1.54, 1.807) is 0 Å². The highest BCUT2D eigenvalue weighted by atomic mass is 31.2. The second kappa shape index (κ2) is 8.44. The molecular formula is C11H21O10P. The van der Waals surface area contributed by atoms with Crippen molar-refractivity contribution in [3.63, 3.8) is 0 Å². The molecule has 3 N–H and O–H groups in total. The lowest BCUT2D eigenvalue weighted by Crippen LogP contribution is -2.59. The van der Waals surface area contributed by atoms with Crippen molar-refractivity contribution < 1.29 is 47.7 Å². The van der Waals surface area contributed by atoms with E-state index in [9.17, 15) is 24.7 Å². The van der Waals surface area contributed by atoms with E-state index in [0.29, 0.717) is 0 Å². The number of Topliss-reactive ketones (excluding diaryl/α,β-unsaturated/α-hetero) is 1. The number of carbonyl (C=O) groups is 1. The third-order valence-electron chi connectivity index (χ3n) is 2.96. The number of aliphatic hydroxyl groups is 3. The van der Waals surface area contributed by atoms with Crippen LogP contribution in [-0.2, 0) is 32.4 Å². The molecule has 0 aliphatic carbocycles. The van der Waals surface area contributed by atoms with Crippen molar-refractivity contribution in [1.29, 1.82) is 0 Å². The first-order valence-corrected chi connectivity index (χ1v) is 7.87. The van der Waals surface area contributed by atoms with Crippen LogP contribution in [0.2, 0.25) is 0 Å². The fraction of sp³-hybridized carbons (Fsp3) is 0.909. The Bertz CT molecular complexity index is 408. The van der Waals surface area contributed by atoms with E-state index in [-0.39, 0.29) is 12.4 Å². The first kappa shape index (κ1) is 19.6. The minimum atomic E-state index is -3.79. The number of phosphoric ester groups is 1. The molecule has 11 heteroatoms. The highest BCUT2D eigenvalue weighted by Crippen LogP contribution is 2.47. The highest BCUT2D eigenvalue weighted by Gasteiger charge is 2.45. The van der Waals surface area contributed by atoms with Crippen molar-refractivity contribution in [1.82, 2.24) is 0 Å². The fourth-order valence-electron chi connectivity index (χ4n) is 1.74. The van der Waals surface area contributed by atoms with Gasteiger partial charge in [0.2, 0.25) is 0 Å². The van der Waals surface area contributed by atoms with Crippen LogP contribution in [0.25, 0.3) is 0 Å². The van der Waals surface area contributed by atoms with Gasteiger partial charge < -0.3 is 24.8 Å². The van der Waals surface area contributed by atoms with Crippen LogP contribution in [0.3, 0.4) is 0 Å². The Hall–Kier alpha value is -0.420.